The van der Waals surface area contributed by atoms with Gasteiger partial charge >= 0.3 is 5.97 Å². The van der Waals surface area contributed by atoms with Crippen LogP contribution >= 0.6 is 0 Å². The predicted molar refractivity (Wildman–Crippen MR) is 78.2 cm³/mol. The second-order valence-electron chi connectivity index (χ2n) is 6.05. The summed E-state index contributed by atoms with van der Waals surface area (Å²) < 4.78 is 5.26. The summed E-state index contributed by atoms with van der Waals surface area (Å²) in [7, 11) is 0. The van der Waals surface area contributed by atoms with Crippen LogP contribution < -0.4 is 5.32 Å². The van der Waals surface area contributed by atoms with E-state index in [9.17, 15) is 4.79 Å². The molecule has 1 N–H and O–H groups in total. The van der Waals surface area contributed by atoms with E-state index in [1.165, 1.54) is 12.8 Å². The third-order valence-electron chi connectivity index (χ3n) is 3.43. The van der Waals surface area contributed by atoms with Gasteiger partial charge in [0.15, 0.2) is 0 Å². The van der Waals surface area contributed by atoms with Crippen LogP contribution in [-0.4, -0.2) is 48.2 Å². The molecule has 112 valence electrons. The third-order valence-corrected chi connectivity index (χ3v) is 3.43. The van der Waals surface area contributed by atoms with Crippen LogP contribution in [0.15, 0.2) is 0 Å². The second-order valence-corrected chi connectivity index (χ2v) is 6.05. The summed E-state index contributed by atoms with van der Waals surface area (Å²) in [6, 6.07) is 0.930. The molecule has 4 heteroatoms. The minimum absolute atomic E-state index is 0.134. The summed E-state index contributed by atoms with van der Waals surface area (Å²) in [4.78, 5) is 14.7. The third kappa shape index (κ3) is 5.11. The highest BCUT2D eigenvalue weighted by Crippen LogP contribution is 2.28. The van der Waals surface area contributed by atoms with Crippen molar-refractivity contribution in [2.45, 2.75) is 71.5 Å². The lowest BCUT2D eigenvalue weighted by atomic mass is 10.00. The number of rotatable bonds is 9. The fraction of sp³-hybridized carbons (Fsp3) is 0.933. The lowest BCUT2D eigenvalue weighted by Crippen LogP contribution is -2.60. The molecule has 0 aromatic heterocycles. The zero-order chi connectivity index (χ0) is 14.5. The number of hydrogen-bond donors (Lipinski definition) is 1. The molecule has 1 atom stereocenters. The average Bonchev–Trinajstić information content (AvgIpc) is 3.11. The Morgan fingerprint density at radius 3 is 2.47 bits per heavy atom. The topological polar surface area (TPSA) is 41.6 Å². The summed E-state index contributed by atoms with van der Waals surface area (Å²) in [6.45, 7) is 12.4. The van der Waals surface area contributed by atoms with Crippen LogP contribution in [0, 0.1) is 0 Å². The molecule has 0 amide bonds. The number of nitrogens with zero attached hydrogens (tertiary/aromatic N) is 1. The maximum absolute atomic E-state index is 12.3. The number of nitrogens with one attached hydrogen (secondary N) is 1. The molecule has 4 nitrogen and oxygen atoms in total. The van der Waals surface area contributed by atoms with E-state index in [1.54, 1.807) is 0 Å². The Morgan fingerprint density at radius 1 is 1.42 bits per heavy atom. The number of hydrogen-bond acceptors (Lipinski definition) is 4. The van der Waals surface area contributed by atoms with E-state index < -0.39 is 5.54 Å². The van der Waals surface area contributed by atoms with Crippen molar-refractivity contribution in [1.82, 2.24) is 10.2 Å². The molecule has 1 unspecified atom stereocenters. The zero-order valence-electron chi connectivity index (χ0n) is 13.2. The van der Waals surface area contributed by atoms with Crippen molar-refractivity contribution in [2.75, 3.05) is 19.7 Å². The quantitative estimate of drug-likeness (QED) is 0.652. The first-order chi connectivity index (χ1) is 8.92. The van der Waals surface area contributed by atoms with Crippen LogP contribution in [0.1, 0.15) is 53.9 Å². The van der Waals surface area contributed by atoms with Crippen LogP contribution in [0.5, 0.6) is 0 Å². The molecule has 0 saturated heterocycles. The van der Waals surface area contributed by atoms with Crippen LogP contribution in [0.4, 0.5) is 0 Å². The lowest BCUT2D eigenvalue weighted by molar-refractivity contribution is -0.151. The van der Waals surface area contributed by atoms with Crippen molar-refractivity contribution in [2.24, 2.45) is 0 Å². The zero-order valence-corrected chi connectivity index (χ0v) is 13.2. The fourth-order valence-corrected chi connectivity index (χ4v) is 2.62. The van der Waals surface area contributed by atoms with Gasteiger partial charge in [0.05, 0.1) is 6.61 Å². The first-order valence-corrected chi connectivity index (χ1v) is 7.62. The van der Waals surface area contributed by atoms with E-state index in [2.05, 4.69) is 31.0 Å². The van der Waals surface area contributed by atoms with Gasteiger partial charge in [0.25, 0.3) is 0 Å². The van der Waals surface area contributed by atoms with Crippen molar-refractivity contribution in [3.8, 4) is 0 Å². The van der Waals surface area contributed by atoms with E-state index >= 15 is 0 Å². The number of esters is 1. The first-order valence-electron chi connectivity index (χ1n) is 7.62. The molecular weight excluding hydrogens is 240 g/mol. The molecule has 19 heavy (non-hydrogen) atoms. The van der Waals surface area contributed by atoms with Crippen molar-refractivity contribution in [3.63, 3.8) is 0 Å². The van der Waals surface area contributed by atoms with E-state index in [-0.39, 0.29) is 12.0 Å². The Balaban J connectivity index is 2.73. The Bertz CT molecular complexity index is 290. The molecule has 0 radical (unpaired) electrons. The molecule has 1 rings (SSSR count). The largest absolute Gasteiger partial charge is 0.465 e. The van der Waals surface area contributed by atoms with Gasteiger partial charge in [-0.05, 0) is 53.5 Å². The average molecular weight is 270 g/mol. The molecule has 1 aliphatic rings. The van der Waals surface area contributed by atoms with E-state index in [0.717, 1.165) is 19.5 Å². The fourth-order valence-electron chi connectivity index (χ4n) is 2.62. The van der Waals surface area contributed by atoms with Crippen LogP contribution in [-0.2, 0) is 9.53 Å². The smallest absolute Gasteiger partial charge is 0.327 e. The van der Waals surface area contributed by atoms with Gasteiger partial charge < -0.3 is 4.74 Å². The second kappa shape index (κ2) is 7.25. The number of ether oxygens (including phenoxy) is 1. The monoisotopic (exact) mass is 270 g/mol. The van der Waals surface area contributed by atoms with Gasteiger partial charge in [-0.3, -0.25) is 15.0 Å². The van der Waals surface area contributed by atoms with Crippen molar-refractivity contribution in [1.29, 1.82) is 0 Å². The van der Waals surface area contributed by atoms with Crippen LogP contribution in [0.2, 0.25) is 0 Å². The number of carbonyl (C=O) groups is 1. The van der Waals surface area contributed by atoms with Gasteiger partial charge in [0, 0.05) is 18.6 Å². The molecular formula is C15H30N2O2. The van der Waals surface area contributed by atoms with Gasteiger partial charge in [-0.1, -0.05) is 6.92 Å². The standard InChI is InChI=1S/C15H30N2O2/c1-6-10-17(13-8-9-13)11-15(5,16-12(3)4)14(18)19-7-2/h12-13,16H,6-11H2,1-5H3. The van der Waals surface area contributed by atoms with Gasteiger partial charge in [-0.15, -0.1) is 0 Å². The number of carbonyl (C=O) groups excluding carboxylic acids is 1. The van der Waals surface area contributed by atoms with Gasteiger partial charge in [0.2, 0.25) is 0 Å². The Labute approximate surface area is 117 Å². The summed E-state index contributed by atoms with van der Waals surface area (Å²) >= 11 is 0. The molecule has 1 fully saturated rings. The van der Waals surface area contributed by atoms with Gasteiger partial charge in [-0.25, -0.2) is 0 Å². The molecule has 0 aromatic rings. The van der Waals surface area contributed by atoms with Crippen molar-refractivity contribution in [3.05, 3.63) is 0 Å². The molecule has 0 bridgehead atoms. The molecule has 1 saturated carbocycles. The maximum Gasteiger partial charge on any atom is 0.327 e. The van der Waals surface area contributed by atoms with Gasteiger partial charge in [0.1, 0.15) is 5.54 Å². The summed E-state index contributed by atoms with van der Waals surface area (Å²) in [5, 5.41) is 3.40. The predicted octanol–water partition coefficient (Wildman–Crippen LogP) is 2.18. The van der Waals surface area contributed by atoms with E-state index in [1.807, 2.05) is 13.8 Å². The summed E-state index contributed by atoms with van der Waals surface area (Å²) in [5.41, 5.74) is -0.609. The first kappa shape index (κ1) is 16.4. The lowest BCUT2D eigenvalue weighted by Gasteiger charge is -2.36. The summed E-state index contributed by atoms with van der Waals surface area (Å²) in [6.07, 6.45) is 3.65. The summed E-state index contributed by atoms with van der Waals surface area (Å²) in [5.74, 6) is -0.134. The van der Waals surface area contributed by atoms with Crippen molar-refractivity contribution < 1.29 is 9.53 Å². The van der Waals surface area contributed by atoms with Crippen LogP contribution in [0.25, 0.3) is 0 Å². The maximum atomic E-state index is 12.3. The molecule has 0 aliphatic heterocycles. The Morgan fingerprint density at radius 2 is 2.05 bits per heavy atom. The Kier molecular flexibility index (Phi) is 6.27. The van der Waals surface area contributed by atoms with Crippen molar-refractivity contribution >= 4 is 5.97 Å². The highest BCUT2D eigenvalue weighted by Gasteiger charge is 2.40. The highest BCUT2D eigenvalue weighted by molar-refractivity contribution is 5.80. The van der Waals surface area contributed by atoms with Crippen LogP contribution in [0.3, 0.4) is 0 Å². The minimum atomic E-state index is -0.609. The van der Waals surface area contributed by atoms with E-state index in [0.29, 0.717) is 12.6 Å². The molecule has 0 heterocycles. The minimum Gasteiger partial charge on any atom is -0.465 e. The molecule has 0 aromatic carbocycles. The normalized spacial score (nSPS) is 18.7. The molecule has 1 aliphatic carbocycles. The highest BCUT2D eigenvalue weighted by atomic mass is 16.5. The van der Waals surface area contributed by atoms with E-state index in [4.69, 9.17) is 4.74 Å². The SMILES string of the molecule is CCCN(CC(C)(NC(C)C)C(=O)OCC)C1CC1. The Hall–Kier alpha value is -0.610. The van der Waals surface area contributed by atoms with Gasteiger partial charge in [-0.2, -0.15) is 0 Å². The molecule has 0 spiro atoms.